The Kier molecular flexibility index (Phi) is 5.01. The van der Waals surface area contributed by atoms with Gasteiger partial charge in [0.25, 0.3) is 5.56 Å². The Morgan fingerprint density at radius 1 is 1.31 bits per heavy atom. The fraction of sp³-hybridized carbons (Fsp3) is 0.200. The van der Waals surface area contributed by atoms with Crippen LogP contribution in [0.5, 0.6) is 0 Å². The number of carbonyl (C=O) groups excluding carboxylic acids is 1. The zero-order valence-electron chi connectivity index (χ0n) is 13.1. The van der Waals surface area contributed by atoms with Gasteiger partial charge in [-0.3, -0.25) is 4.79 Å². The smallest absolute Gasteiger partial charge is 0.446 e. The number of rotatable bonds is 4. The molecule has 136 valence electrons. The summed E-state index contributed by atoms with van der Waals surface area (Å²) in [7, 11) is 0. The van der Waals surface area contributed by atoms with E-state index in [-0.39, 0.29) is 34.4 Å². The lowest BCUT2D eigenvalue weighted by Gasteiger charge is -2.06. The molecule has 0 aliphatic carbocycles. The third kappa shape index (κ3) is 4.41. The minimum atomic E-state index is -4.39. The highest BCUT2D eigenvalue weighted by molar-refractivity contribution is 8.00. The average molecular weight is 401 g/mol. The maximum absolute atomic E-state index is 12.3. The van der Waals surface area contributed by atoms with Gasteiger partial charge in [0.15, 0.2) is 5.01 Å². The molecule has 3 aromatic rings. The Labute approximate surface area is 152 Å². The van der Waals surface area contributed by atoms with Gasteiger partial charge >= 0.3 is 11.5 Å². The Bertz CT molecular complexity index is 1010. The zero-order valence-corrected chi connectivity index (χ0v) is 14.7. The van der Waals surface area contributed by atoms with Crippen molar-refractivity contribution in [2.45, 2.75) is 23.9 Å². The molecule has 0 radical (unpaired) electrons. The lowest BCUT2D eigenvalue weighted by atomic mass is 10.2. The van der Waals surface area contributed by atoms with Crippen molar-refractivity contribution >= 4 is 34.0 Å². The normalized spacial score (nSPS) is 11.7. The first kappa shape index (κ1) is 18.4. The van der Waals surface area contributed by atoms with Crippen molar-refractivity contribution in [3.63, 3.8) is 0 Å². The van der Waals surface area contributed by atoms with E-state index in [4.69, 9.17) is 4.74 Å². The molecule has 0 aliphatic rings. The standard InChI is InChI=1S/C15H10F3N3O3S2/c1-8-6-12(22)21-14(19-8)25-11(20-21)7-24-13(23)9-2-4-10(5-3-9)26-15(16,17)18/h2-6H,7H2,1H3. The van der Waals surface area contributed by atoms with Crippen LogP contribution in [0.25, 0.3) is 4.96 Å². The van der Waals surface area contributed by atoms with Crippen LogP contribution in [-0.2, 0) is 11.3 Å². The van der Waals surface area contributed by atoms with E-state index in [0.29, 0.717) is 15.7 Å². The SMILES string of the molecule is Cc1cc(=O)n2nc(COC(=O)c3ccc(SC(F)(F)F)cc3)sc2n1. The van der Waals surface area contributed by atoms with Gasteiger partial charge in [0.05, 0.1) is 5.56 Å². The Hall–Kier alpha value is -2.40. The van der Waals surface area contributed by atoms with E-state index in [0.717, 1.165) is 15.9 Å². The van der Waals surface area contributed by atoms with Gasteiger partial charge in [0.1, 0.15) is 6.61 Å². The number of aryl methyl sites for hydroxylation is 1. The highest BCUT2D eigenvalue weighted by Crippen LogP contribution is 2.36. The van der Waals surface area contributed by atoms with Gasteiger partial charge in [0.2, 0.25) is 4.96 Å². The molecule has 0 unspecified atom stereocenters. The van der Waals surface area contributed by atoms with Crippen LogP contribution in [0.3, 0.4) is 0 Å². The molecule has 0 amide bonds. The number of halogens is 3. The lowest BCUT2D eigenvalue weighted by Crippen LogP contribution is -2.14. The number of carbonyl (C=O) groups is 1. The van der Waals surface area contributed by atoms with Crippen molar-refractivity contribution in [1.29, 1.82) is 0 Å². The Morgan fingerprint density at radius 2 is 2.00 bits per heavy atom. The molecule has 2 aromatic heterocycles. The van der Waals surface area contributed by atoms with E-state index in [1.54, 1.807) is 6.92 Å². The molecule has 0 atom stereocenters. The number of hydrogen-bond acceptors (Lipinski definition) is 7. The molecule has 0 saturated carbocycles. The Morgan fingerprint density at radius 3 is 2.65 bits per heavy atom. The molecule has 0 bridgehead atoms. The number of thioether (sulfide) groups is 1. The van der Waals surface area contributed by atoms with Gasteiger partial charge in [-0.15, -0.1) is 0 Å². The number of benzene rings is 1. The number of fused-ring (bicyclic) bond motifs is 1. The van der Waals surface area contributed by atoms with Gasteiger partial charge in [-0.2, -0.15) is 22.8 Å². The second-order valence-electron chi connectivity index (χ2n) is 5.07. The van der Waals surface area contributed by atoms with Gasteiger partial charge in [-0.25, -0.2) is 9.78 Å². The number of alkyl halides is 3. The van der Waals surface area contributed by atoms with E-state index in [1.165, 1.54) is 30.3 Å². The van der Waals surface area contributed by atoms with Gasteiger partial charge in [0, 0.05) is 16.7 Å². The van der Waals surface area contributed by atoms with Crippen LogP contribution in [0, 0.1) is 6.92 Å². The van der Waals surface area contributed by atoms with Crippen molar-refractivity contribution < 1.29 is 22.7 Å². The van der Waals surface area contributed by atoms with Crippen LogP contribution in [0.1, 0.15) is 21.1 Å². The zero-order chi connectivity index (χ0) is 18.9. The van der Waals surface area contributed by atoms with Crippen molar-refractivity contribution in [3.8, 4) is 0 Å². The van der Waals surface area contributed by atoms with E-state index in [1.807, 2.05) is 0 Å². The summed E-state index contributed by atoms with van der Waals surface area (Å²) in [5, 5.41) is 4.40. The highest BCUT2D eigenvalue weighted by atomic mass is 32.2. The quantitative estimate of drug-likeness (QED) is 0.493. The minimum absolute atomic E-state index is 0.0268. The molecule has 0 aliphatic heterocycles. The number of aromatic nitrogens is 3. The van der Waals surface area contributed by atoms with Gasteiger partial charge in [-0.1, -0.05) is 11.3 Å². The fourth-order valence-electron chi connectivity index (χ4n) is 2.02. The number of hydrogen-bond donors (Lipinski definition) is 0. The number of esters is 1. The molecule has 0 saturated heterocycles. The first-order chi connectivity index (χ1) is 12.2. The second kappa shape index (κ2) is 7.08. The monoisotopic (exact) mass is 401 g/mol. The fourth-order valence-corrected chi connectivity index (χ4v) is 3.42. The first-order valence-electron chi connectivity index (χ1n) is 7.10. The molecule has 0 spiro atoms. The summed E-state index contributed by atoms with van der Waals surface area (Å²) in [5.74, 6) is -0.704. The Balaban J connectivity index is 1.67. The average Bonchev–Trinajstić information content (AvgIpc) is 2.95. The molecule has 26 heavy (non-hydrogen) atoms. The summed E-state index contributed by atoms with van der Waals surface area (Å²) in [6.45, 7) is 1.51. The molecule has 0 fully saturated rings. The second-order valence-corrected chi connectivity index (χ2v) is 7.25. The molecular formula is C15H10F3N3O3S2. The van der Waals surface area contributed by atoms with Crippen molar-refractivity contribution in [1.82, 2.24) is 14.6 Å². The largest absolute Gasteiger partial charge is 0.455 e. The van der Waals surface area contributed by atoms with Crippen molar-refractivity contribution in [2.75, 3.05) is 0 Å². The highest BCUT2D eigenvalue weighted by Gasteiger charge is 2.29. The molecule has 3 rings (SSSR count). The molecule has 2 heterocycles. The minimum Gasteiger partial charge on any atom is -0.455 e. The third-order valence-electron chi connectivity index (χ3n) is 3.07. The lowest BCUT2D eigenvalue weighted by molar-refractivity contribution is -0.0328. The molecule has 11 heteroatoms. The van der Waals surface area contributed by atoms with E-state index in [2.05, 4.69) is 10.1 Å². The maximum Gasteiger partial charge on any atom is 0.446 e. The summed E-state index contributed by atoms with van der Waals surface area (Å²) in [6, 6.07) is 6.23. The van der Waals surface area contributed by atoms with E-state index in [9.17, 15) is 22.8 Å². The van der Waals surface area contributed by atoms with Gasteiger partial charge in [-0.05, 0) is 43.0 Å². The first-order valence-corrected chi connectivity index (χ1v) is 8.74. The third-order valence-corrected chi connectivity index (χ3v) is 4.69. The predicted molar refractivity (Wildman–Crippen MR) is 89.3 cm³/mol. The summed E-state index contributed by atoms with van der Waals surface area (Å²) < 4.78 is 43.1. The maximum atomic E-state index is 12.3. The van der Waals surface area contributed by atoms with E-state index < -0.39 is 11.5 Å². The van der Waals surface area contributed by atoms with Gasteiger partial charge < -0.3 is 4.74 Å². The van der Waals surface area contributed by atoms with Crippen LogP contribution < -0.4 is 5.56 Å². The van der Waals surface area contributed by atoms with Crippen LogP contribution >= 0.6 is 23.1 Å². The van der Waals surface area contributed by atoms with Crippen molar-refractivity contribution in [3.05, 3.63) is 57.0 Å². The summed E-state index contributed by atoms with van der Waals surface area (Å²) >= 11 is 0.843. The van der Waals surface area contributed by atoms with Crippen LogP contribution in [-0.4, -0.2) is 26.1 Å². The van der Waals surface area contributed by atoms with Crippen LogP contribution in [0.2, 0.25) is 0 Å². The van der Waals surface area contributed by atoms with Crippen LogP contribution in [0.4, 0.5) is 13.2 Å². The predicted octanol–water partition coefficient (Wildman–Crippen LogP) is 3.43. The van der Waals surface area contributed by atoms with Crippen molar-refractivity contribution in [2.24, 2.45) is 0 Å². The van der Waals surface area contributed by atoms with E-state index >= 15 is 0 Å². The summed E-state index contributed by atoms with van der Waals surface area (Å²) in [6.07, 6.45) is 0. The number of ether oxygens (including phenoxy) is 1. The summed E-state index contributed by atoms with van der Waals surface area (Å²) in [4.78, 5) is 28.3. The topological polar surface area (TPSA) is 73.6 Å². The molecular weight excluding hydrogens is 391 g/mol. The molecule has 6 nitrogen and oxygen atoms in total. The number of nitrogens with zero attached hydrogens (tertiary/aromatic N) is 3. The summed E-state index contributed by atoms with van der Waals surface area (Å²) in [5.41, 5.74) is -4.05. The molecule has 1 aromatic carbocycles. The molecule has 0 N–H and O–H groups in total. The van der Waals surface area contributed by atoms with Crippen LogP contribution in [0.15, 0.2) is 40.0 Å².